The predicted molar refractivity (Wildman–Crippen MR) is 94.0 cm³/mol. The molecule has 0 saturated heterocycles. The Morgan fingerprint density at radius 3 is 2.50 bits per heavy atom. The van der Waals surface area contributed by atoms with Crippen molar-refractivity contribution in [2.45, 2.75) is 19.8 Å². The van der Waals surface area contributed by atoms with E-state index in [1.807, 2.05) is 12.1 Å². The minimum absolute atomic E-state index is 0.109. The third-order valence-corrected chi connectivity index (χ3v) is 4.09. The van der Waals surface area contributed by atoms with Gasteiger partial charge in [0.25, 0.3) is 0 Å². The summed E-state index contributed by atoms with van der Waals surface area (Å²) in [6, 6.07) is 13.3. The highest BCUT2D eigenvalue weighted by Crippen LogP contribution is 2.29. The second-order valence-electron chi connectivity index (χ2n) is 4.88. The molecule has 22 heavy (non-hydrogen) atoms. The van der Waals surface area contributed by atoms with Crippen molar-refractivity contribution in [1.82, 2.24) is 0 Å². The number of carbonyl (C=O) groups excluding carboxylic acids is 1. The Morgan fingerprint density at radius 2 is 1.82 bits per heavy atom. The van der Waals surface area contributed by atoms with Crippen LogP contribution in [0.4, 0.5) is 11.4 Å². The maximum atomic E-state index is 11.9. The lowest BCUT2D eigenvalue weighted by molar-refractivity contribution is -0.115. The van der Waals surface area contributed by atoms with Gasteiger partial charge < -0.3 is 10.6 Å². The van der Waals surface area contributed by atoms with Crippen LogP contribution in [0.2, 0.25) is 10.0 Å². The third kappa shape index (κ3) is 4.65. The number of rotatable bonds is 6. The van der Waals surface area contributed by atoms with Gasteiger partial charge in [0.2, 0.25) is 5.91 Å². The topological polar surface area (TPSA) is 41.1 Å². The van der Waals surface area contributed by atoms with Gasteiger partial charge in [0.1, 0.15) is 0 Å². The van der Waals surface area contributed by atoms with Gasteiger partial charge in [0.15, 0.2) is 0 Å². The number of halogens is 2. The average molecular weight is 337 g/mol. The predicted octanol–water partition coefficient (Wildman–Crippen LogP) is 5.00. The normalized spacial score (nSPS) is 10.3. The molecule has 0 aliphatic carbocycles. The fourth-order valence-corrected chi connectivity index (χ4v) is 2.34. The van der Waals surface area contributed by atoms with Gasteiger partial charge in [0, 0.05) is 18.7 Å². The molecule has 2 aromatic rings. The van der Waals surface area contributed by atoms with E-state index in [9.17, 15) is 4.79 Å². The van der Waals surface area contributed by atoms with E-state index >= 15 is 0 Å². The lowest BCUT2D eigenvalue weighted by Crippen LogP contribution is -2.16. The van der Waals surface area contributed by atoms with Crippen LogP contribution < -0.4 is 10.6 Å². The molecule has 0 spiro atoms. The number of benzene rings is 2. The molecule has 0 aliphatic rings. The smallest absolute Gasteiger partial charge is 0.226 e. The van der Waals surface area contributed by atoms with E-state index in [2.05, 4.69) is 29.7 Å². The molecular formula is C17H18Cl2N2O. The quantitative estimate of drug-likeness (QED) is 0.779. The van der Waals surface area contributed by atoms with Crippen molar-refractivity contribution in [3.8, 4) is 0 Å². The van der Waals surface area contributed by atoms with Crippen LogP contribution >= 0.6 is 23.2 Å². The molecule has 0 aliphatic heterocycles. The number of aryl methyl sites for hydroxylation is 1. The van der Waals surface area contributed by atoms with Crippen LogP contribution in [-0.2, 0) is 11.2 Å². The van der Waals surface area contributed by atoms with E-state index in [0.29, 0.717) is 28.7 Å². The highest BCUT2D eigenvalue weighted by molar-refractivity contribution is 6.43. The van der Waals surface area contributed by atoms with E-state index in [-0.39, 0.29) is 5.91 Å². The van der Waals surface area contributed by atoms with E-state index in [4.69, 9.17) is 23.2 Å². The van der Waals surface area contributed by atoms with E-state index in [1.165, 1.54) is 5.56 Å². The molecule has 0 atom stereocenters. The molecule has 2 rings (SSSR count). The molecule has 5 heteroatoms. The highest BCUT2D eigenvalue weighted by Gasteiger charge is 2.08. The first kappa shape index (κ1) is 16.7. The zero-order valence-electron chi connectivity index (χ0n) is 12.3. The van der Waals surface area contributed by atoms with Gasteiger partial charge in [-0.2, -0.15) is 0 Å². The molecule has 0 fully saturated rings. The number of hydrogen-bond acceptors (Lipinski definition) is 2. The Labute approximate surface area is 140 Å². The van der Waals surface area contributed by atoms with E-state index in [0.717, 1.165) is 12.1 Å². The Bertz CT molecular complexity index is 642. The maximum absolute atomic E-state index is 11.9. The maximum Gasteiger partial charge on any atom is 0.226 e. The van der Waals surface area contributed by atoms with Gasteiger partial charge in [-0.15, -0.1) is 0 Å². The lowest BCUT2D eigenvalue weighted by atomic mass is 10.1. The summed E-state index contributed by atoms with van der Waals surface area (Å²) in [6.07, 6.45) is 1.36. The molecule has 2 aromatic carbocycles. The molecule has 0 saturated carbocycles. The fraction of sp³-hybridized carbons (Fsp3) is 0.235. The monoisotopic (exact) mass is 336 g/mol. The number of nitrogens with one attached hydrogen (secondary N) is 2. The van der Waals surface area contributed by atoms with E-state index < -0.39 is 0 Å². The Hall–Kier alpha value is -1.71. The summed E-state index contributed by atoms with van der Waals surface area (Å²) >= 11 is 11.9. The summed E-state index contributed by atoms with van der Waals surface area (Å²) in [4.78, 5) is 11.9. The molecule has 116 valence electrons. The molecule has 0 aromatic heterocycles. The second kappa shape index (κ2) is 8.06. The van der Waals surface area contributed by atoms with E-state index in [1.54, 1.807) is 18.2 Å². The van der Waals surface area contributed by atoms with Crippen molar-refractivity contribution in [1.29, 1.82) is 0 Å². The lowest BCUT2D eigenvalue weighted by Gasteiger charge is -2.09. The molecular weight excluding hydrogens is 319 g/mol. The average Bonchev–Trinajstić information content (AvgIpc) is 2.52. The van der Waals surface area contributed by atoms with Crippen LogP contribution in [0.15, 0.2) is 42.5 Å². The van der Waals surface area contributed by atoms with Gasteiger partial charge in [-0.3, -0.25) is 4.79 Å². The number of hydrogen-bond donors (Lipinski definition) is 2. The molecule has 2 N–H and O–H groups in total. The third-order valence-electron chi connectivity index (χ3n) is 3.27. The van der Waals surface area contributed by atoms with Crippen molar-refractivity contribution in [3.05, 3.63) is 58.1 Å². The molecule has 0 bridgehead atoms. The minimum atomic E-state index is -0.109. The highest BCUT2D eigenvalue weighted by atomic mass is 35.5. The SMILES string of the molecule is CCc1ccc(NCCC(=O)Nc2cccc(Cl)c2Cl)cc1. The molecule has 0 heterocycles. The van der Waals surface area contributed by atoms with Gasteiger partial charge in [0.05, 0.1) is 15.7 Å². The van der Waals surface area contributed by atoms with Crippen molar-refractivity contribution >= 4 is 40.5 Å². The minimum Gasteiger partial charge on any atom is -0.385 e. The van der Waals surface area contributed by atoms with Crippen LogP contribution in [0, 0.1) is 0 Å². The summed E-state index contributed by atoms with van der Waals surface area (Å²) in [7, 11) is 0. The van der Waals surface area contributed by atoms with Crippen LogP contribution in [0.25, 0.3) is 0 Å². The first-order valence-electron chi connectivity index (χ1n) is 7.17. The van der Waals surface area contributed by atoms with Gasteiger partial charge >= 0.3 is 0 Å². The summed E-state index contributed by atoms with van der Waals surface area (Å²) in [5.41, 5.74) is 2.83. The fourth-order valence-electron chi connectivity index (χ4n) is 1.99. The zero-order valence-corrected chi connectivity index (χ0v) is 13.8. The summed E-state index contributed by atoms with van der Waals surface area (Å²) < 4.78 is 0. The van der Waals surface area contributed by atoms with Crippen LogP contribution in [0.5, 0.6) is 0 Å². The van der Waals surface area contributed by atoms with Crippen LogP contribution in [0.1, 0.15) is 18.9 Å². The number of carbonyl (C=O) groups is 1. The summed E-state index contributed by atoms with van der Waals surface area (Å²) in [5, 5.41) is 6.77. The Morgan fingerprint density at radius 1 is 1.09 bits per heavy atom. The van der Waals surface area contributed by atoms with Gasteiger partial charge in [-0.25, -0.2) is 0 Å². The first-order chi connectivity index (χ1) is 10.6. The van der Waals surface area contributed by atoms with Crippen molar-refractivity contribution in [2.24, 2.45) is 0 Å². The van der Waals surface area contributed by atoms with Crippen LogP contribution in [-0.4, -0.2) is 12.5 Å². The summed E-state index contributed by atoms with van der Waals surface area (Å²) in [6.45, 7) is 2.67. The number of amides is 1. The largest absolute Gasteiger partial charge is 0.385 e. The van der Waals surface area contributed by atoms with Crippen molar-refractivity contribution in [2.75, 3.05) is 17.2 Å². The van der Waals surface area contributed by atoms with Gasteiger partial charge in [-0.1, -0.05) is 48.3 Å². The van der Waals surface area contributed by atoms with Crippen molar-refractivity contribution in [3.63, 3.8) is 0 Å². The number of anilines is 2. The standard InChI is InChI=1S/C17H18Cl2N2O/c1-2-12-6-8-13(9-7-12)20-11-10-16(22)21-15-5-3-4-14(18)17(15)19/h3-9,20H,2,10-11H2,1H3,(H,21,22). The second-order valence-corrected chi connectivity index (χ2v) is 5.66. The Balaban J connectivity index is 1.81. The Kier molecular flexibility index (Phi) is 6.10. The summed E-state index contributed by atoms with van der Waals surface area (Å²) in [5.74, 6) is -0.109. The van der Waals surface area contributed by atoms with Gasteiger partial charge in [-0.05, 0) is 36.2 Å². The van der Waals surface area contributed by atoms with Crippen LogP contribution in [0.3, 0.4) is 0 Å². The zero-order chi connectivity index (χ0) is 15.9. The molecule has 1 amide bonds. The molecule has 3 nitrogen and oxygen atoms in total. The molecule has 0 radical (unpaired) electrons. The van der Waals surface area contributed by atoms with Crippen molar-refractivity contribution < 1.29 is 4.79 Å². The first-order valence-corrected chi connectivity index (χ1v) is 7.92. The molecule has 0 unspecified atom stereocenters.